The van der Waals surface area contributed by atoms with E-state index in [1.54, 1.807) is 0 Å². The van der Waals surface area contributed by atoms with Crippen LogP contribution < -0.4 is 0 Å². The van der Waals surface area contributed by atoms with Crippen molar-refractivity contribution in [2.75, 3.05) is 5.75 Å². The number of thioether (sulfide) groups is 1. The van der Waals surface area contributed by atoms with Crippen LogP contribution in [0, 0.1) is 5.92 Å². The Morgan fingerprint density at radius 3 is 2.47 bits per heavy atom. The maximum Gasteiger partial charge on any atom is 0.328 e. The van der Waals surface area contributed by atoms with E-state index in [0.717, 1.165) is 30.7 Å². The van der Waals surface area contributed by atoms with Crippen molar-refractivity contribution in [2.24, 2.45) is 5.92 Å². The first-order valence-corrected chi connectivity index (χ1v) is 6.47. The van der Waals surface area contributed by atoms with Crippen LogP contribution in [0.3, 0.4) is 0 Å². The number of carbonyl (C=O) groups excluding carboxylic acids is 2. The molecule has 0 aromatic carbocycles. The van der Waals surface area contributed by atoms with Crippen molar-refractivity contribution >= 4 is 28.6 Å². The van der Waals surface area contributed by atoms with Gasteiger partial charge in [0.1, 0.15) is 0 Å². The Labute approximate surface area is 105 Å². The molecule has 0 aliphatic carbocycles. The largest absolute Gasteiger partial charge is 0.478 e. The van der Waals surface area contributed by atoms with Crippen molar-refractivity contribution in [3.63, 3.8) is 0 Å². The van der Waals surface area contributed by atoms with Crippen molar-refractivity contribution in [1.82, 2.24) is 0 Å². The molecule has 96 valence electrons. The summed E-state index contributed by atoms with van der Waals surface area (Å²) in [6.45, 7) is 3.57. The maximum absolute atomic E-state index is 11.2. The third-order valence-corrected chi connectivity index (χ3v) is 3.25. The molecule has 0 spiro atoms. The van der Waals surface area contributed by atoms with E-state index in [-0.39, 0.29) is 10.9 Å². The van der Waals surface area contributed by atoms with Crippen LogP contribution in [0.25, 0.3) is 0 Å². The first-order chi connectivity index (χ1) is 7.91. The van der Waals surface area contributed by atoms with Gasteiger partial charge in [-0.25, -0.2) is 4.79 Å². The Kier molecular flexibility index (Phi) is 8.40. The molecule has 1 atom stereocenters. The van der Waals surface area contributed by atoms with E-state index in [9.17, 15) is 14.4 Å². The molecule has 0 aromatic rings. The molecule has 0 saturated heterocycles. The standard InChI is InChI=1S/C12H18O4S/c1-9(8-17-10(2)13)4-3-5-11(14)6-7-12(15)16/h6-7,9H,3-5,8H2,1-2H3,(H,15,16)/b7-6-. The van der Waals surface area contributed by atoms with Gasteiger partial charge in [-0.3, -0.25) is 9.59 Å². The van der Waals surface area contributed by atoms with Gasteiger partial charge in [-0.15, -0.1) is 0 Å². The molecule has 0 aliphatic rings. The Morgan fingerprint density at radius 1 is 1.29 bits per heavy atom. The molecule has 0 aliphatic heterocycles. The predicted molar refractivity (Wildman–Crippen MR) is 67.9 cm³/mol. The van der Waals surface area contributed by atoms with Gasteiger partial charge in [-0.1, -0.05) is 18.7 Å². The van der Waals surface area contributed by atoms with Gasteiger partial charge < -0.3 is 5.11 Å². The summed E-state index contributed by atoms with van der Waals surface area (Å²) in [4.78, 5) is 32.1. The topological polar surface area (TPSA) is 71.4 Å². The van der Waals surface area contributed by atoms with Gasteiger partial charge in [0.2, 0.25) is 0 Å². The maximum atomic E-state index is 11.2. The molecule has 0 saturated carbocycles. The van der Waals surface area contributed by atoms with Gasteiger partial charge >= 0.3 is 5.97 Å². The number of carboxylic acids is 1. The molecule has 0 bridgehead atoms. The SMILES string of the molecule is CC(=O)SCC(C)CCCC(=O)/C=C\C(=O)O. The Bertz CT molecular complexity index is 310. The van der Waals surface area contributed by atoms with Gasteiger partial charge in [0.25, 0.3) is 0 Å². The van der Waals surface area contributed by atoms with Gasteiger partial charge in [-0.05, 0) is 24.8 Å². The highest BCUT2D eigenvalue weighted by Gasteiger charge is 2.05. The van der Waals surface area contributed by atoms with Crippen LogP contribution in [0.2, 0.25) is 0 Å². The second-order valence-corrected chi connectivity index (χ2v) is 5.13. The zero-order valence-electron chi connectivity index (χ0n) is 10.1. The smallest absolute Gasteiger partial charge is 0.328 e. The molecule has 17 heavy (non-hydrogen) atoms. The van der Waals surface area contributed by atoms with Crippen LogP contribution in [0.15, 0.2) is 12.2 Å². The van der Waals surface area contributed by atoms with Crippen LogP contribution in [0.4, 0.5) is 0 Å². The fraction of sp³-hybridized carbons (Fsp3) is 0.583. The Balaban J connectivity index is 3.65. The number of aliphatic carboxylic acids is 1. The quantitative estimate of drug-likeness (QED) is 0.676. The van der Waals surface area contributed by atoms with Crippen LogP contribution in [0.5, 0.6) is 0 Å². The average molecular weight is 258 g/mol. The summed E-state index contributed by atoms with van der Waals surface area (Å²) in [7, 11) is 0. The van der Waals surface area contributed by atoms with E-state index in [0.29, 0.717) is 12.3 Å². The highest BCUT2D eigenvalue weighted by Crippen LogP contribution is 2.15. The first-order valence-electron chi connectivity index (χ1n) is 5.49. The van der Waals surface area contributed by atoms with Gasteiger partial charge in [0.15, 0.2) is 10.9 Å². The van der Waals surface area contributed by atoms with Crippen LogP contribution in [-0.2, 0) is 14.4 Å². The van der Waals surface area contributed by atoms with E-state index < -0.39 is 5.97 Å². The summed E-state index contributed by atoms with van der Waals surface area (Å²) in [6.07, 6.45) is 3.91. The molecule has 0 fully saturated rings. The molecule has 1 unspecified atom stereocenters. The highest BCUT2D eigenvalue weighted by molar-refractivity contribution is 8.13. The van der Waals surface area contributed by atoms with E-state index in [1.165, 1.54) is 18.7 Å². The summed E-state index contributed by atoms with van der Waals surface area (Å²) in [5.41, 5.74) is 0. The molecule has 0 radical (unpaired) electrons. The molecule has 5 heteroatoms. The minimum Gasteiger partial charge on any atom is -0.478 e. The number of allylic oxidation sites excluding steroid dienone is 1. The lowest BCUT2D eigenvalue weighted by atomic mass is 10.0. The van der Waals surface area contributed by atoms with Gasteiger partial charge in [-0.2, -0.15) is 0 Å². The summed E-state index contributed by atoms with van der Waals surface area (Å²) < 4.78 is 0. The monoisotopic (exact) mass is 258 g/mol. The molecule has 0 heterocycles. The average Bonchev–Trinajstić information content (AvgIpc) is 2.23. The van der Waals surface area contributed by atoms with E-state index in [1.807, 2.05) is 6.92 Å². The second kappa shape index (κ2) is 8.98. The second-order valence-electron chi connectivity index (χ2n) is 3.94. The first kappa shape index (κ1) is 15.9. The van der Waals surface area contributed by atoms with Gasteiger partial charge in [0.05, 0.1) is 0 Å². The van der Waals surface area contributed by atoms with E-state index >= 15 is 0 Å². The molecule has 0 aromatic heterocycles. The predicted octanol–water partition coefficient (Wildman–Crippen LogP) is 2.28. The zero-order chi connectivity index (χ0) is 13.3. The number of carboxylic acid groups (broad SMARTS) is 1. The minimum absolute atomic E-state index is 0.109. The van der Waals surface area contributed by atoms with Crippen molar-refractivity contribution < 1.29 is 19.5 Å². The zero-order valence-corrected chi connectivity index (χ0v) is 11.0. The molecule has 4 nitrogen and oxygen atoms in total. The number of rotatable bonds is 8. The number of carbonyl (C=O) groups is 3. The molecular formula is C12H18O4S. The fourth-order valence-electron chi connectivity index (χ4n) is 1.22. The van der Waals surface area contributed by atoms with Crippen molar-refractivity contribution in [1.29, 1.82) is 0 Å². The van der Waals surface area contributed by atoms with Crippen molar-refractivity contribution in [3.05, 3.63) is 12.2 Å². The molecule has 0 amide bonds. The molecular weight excluding hydrogens is 240 g/mol. The fourth-order valence-corrected chi connectivity index (χ4v) is 1.90. The summed E-state index contributed by atoms with van der Waals surface area (Å²) in [5.74, 6) is -0.113. The van der Waals surface area contributed by atoms with Crippen LogP contribution in [-0.4, -0.2) is 27.7 Å². The van der Waals surface area contributed by atoms with Crippen molar-refractivity contribution in [2.45, 2.75) is 33.1 Å². The third kappa shape index (κ3) is 11.2. The lowest BCUT2D eigenvalue weighted by Gasteiger charge is -2.08. The Morgan fingerprint density at radius 2 is 1.94 bits per heavy atom. The molecule has 1 N–H and O–H groups in total. The minimum atomic E-state index is -1.11. The highest BCUT2D eigenvalue weighted by atomic mass is 32.2. The number of hydrogen-bond acceptors (Lipinski definition) is 4. The lowest BCUT2D eigenvalue weighted by molar-refractivity contribution is -0.131. The van der Waals surface area contributed by atoms with E-state index in [2.05, 4.69) is 0 Å². The third-order valence-electron chi connectivity index (χ3n) is 2.10. The Hall–Kier alpha value is -1.10. The summed E-state index contributed by atoms with van der Waals surface area (Å²) >= 11 is 1.30. The normalized spacial score (nSPS) is 12.6. The summed E-state index contributed by atoms with van der Waals surface area (Å²) in [5, 5.41) is 8.43. The lowest BCUT2D eigenvalue weighted by Crippen LogP contribution is -2.02. The molecule has 0 rings (SSSR count). The van der Waals surface area contributed by atoms with Crippen molar-refractivity contribution in [3.8, 4) is 0 Å². The van der Waals surface area contributed by atoms with Gasteiger partial charge in [0, 0.05) is 25.2 Å². The number of hydrogen-bond donors (Lipinski definition) is 1. The summed E-state index contributed by atoms with van der Waals surface area (Å²) in [6, 6.07) is 0. The van der Waals surface area contributed by atoms with E-state index in [4.69, 9.17) is 5.11 Å². The number of ketones is 1. The van der Waals surface area contributed by atoms with Crippen LogP contribution in [0.1, 0.15) is 33.1 Å². The van der Waals surface area contributed by atoms with Crippen LogP contribution >= 0.6 is 11.8 Å².